The lowest BCUT2D eigenvalue weighted by molar-refractivity contribution is -0.148. The Balaban J connectivity index is 2.03. The zero-order valence-electron chi connectivity index (χ0n) is 13.1. The molecule has 0 spiro atoms. The van der Waals surface area contributed by atoms with Gasteiger partial charge in [0.05, 0.1) is 7.11 Å². The van der Waals surface area contributed by atoms with Crippen molar-refractivity contribution in [3.8, 4) is 5.75 Å². The van der Waals surface area contributed by atoms with Crippen LogP contribution in [0.3, 0.4) is 0 Å². The highest BCUT2D eigenvalue weighted by atomic mass is 16.5. The molecule has 4 nitrogen and oxygen atoms in total. The van der Waals surface area contributed by atoms with E-state index in [1.54, 1.807) is 0 Å². The fraction of sp³-hybridized carbons (Fsp3) is 0.588. The Morgan fingerprint density at radius 3 is 2.95 bits per heavy atom. The average molecular weight is 291 g/mol. The van der Waals surface area contributed by atoms with Crippen molar-refractivity contribution < 1.29 is 14.3 Å². The third kappa shape index (κ3) is 3.76. The van der Waals surface area contributed by atoms with E-state index < -0.39 is 5.54 Å². The maximum absolute atomic E-state index is 12.2. The number of carbonyl (C=O) groups excluding carboxylic acids is 1. The molecule has 1 fully saturated rings. The molecule has 1 aliphatic carbocycles. The van der Waals surface area contributed by atoms with Crippen LogP contribution >= 0.6 is 0 Å². The molecule has 2 unspecified atom stereocenters. The molecule has 0 amide bonds. The van der Waals surface area contributed by atoms with Crippen molar-refractivity contribution in [3.63, 3.8) is 0 Å². The van der Waals surface area contributed by atoms with Crippen LogP contribution in [0.25, 0.3) is 0 Å². The van der Waals surface area contributed by atoms with Crippen LogP contribution < -0.4 is 10.1 Å². The first-order valence-electron chi connectivity index (χ1n) is 7.66. The molecule has 1 saturated carbocycles. The van der Waals surface area contributed by atoms with Crippen LogP contribution in [-0.2, 0) is 9.53 Å². The first kappa shape index (κ1) is 15.8. The van der Waals surface area contributed by atoms with Crippen molar-refractivity contribution in [3.05, 3.63) is 29.8 Å². The van der Waals surface area contributed by atoms with Gasteiger partial charge in [0.1, 0.15) is 17.4 Å². The van der Waals surface area contributed by atoms with Crippen LogP contribution in [0.4, 0.5) is 0 Å². The van der Waals surface area contributed by atoms with Crippen LogP contribution in [0.2, 0.25) is 0 Å². The van der Waals surface area contributed by atoms with Crippen LogP contribution in [-0.4, -0.2) is 31.3 Å². The van der Waals surface area contributed by atoms with E-state index in [1.807, 2.05) is 31.2 Å². The van der Waals surface area contributed by atoms with Gasteiger partial charge in [0.15, 0.2) is 0 Å². The Morgan fingerprint density at radius 1 is 1.48 bits per heavy atom. The minimum Gasteiger partial charge on any atom is -0.490 e. The first-order chi connectivity index (χ1) is 10.1. The molecule has 0 saturated heterocycles. The zero-order chi connectivity index (χ0) is 15.3. The molecule has 0 heterocycles. The second-order valence-corrected chi connectivity index (χ2v) is 5.80. The van der Waals surface area contributed by atoms with Crippen LogP contribution in [0.5, 0.6) is 5.75 Å². The number of carbonyl (C=O) groups is 1. The van der Waals surface area contributed by atoms with E-state index in [0.29, 0.717) is 6.42 Å². The smallest absolute Gasteiger partial charge is 0.326 e. The summed E-state index contributed by atoms with van der Waals surface area (Å²) in [6.07, 6.45) is 3.32. The lowest BCUT2D eigenvalue weighted by Crippen LogP contribution is -2.51. The maximum Gasteiger partial charge on any atom is 0.326 e. The number of hydrogen-bond donors (Lipinski definition) is 1. The molecule has 21 heavy (non-hydrogen) atoms. The highest BCUT2D eigenvalue weighted by Crippen LogP contribution is 2.34. The van der Waals surface area contributed by atoms with E-state index in [2.05, 4.69) is 12.2 Å². The van der Waals surface area contributed by atoms with Gasteiger partial charge in [-0.1, -0.05) is 19.1 Å². The Labute approximate surface area is 126 Å². The van der Waals surface area contributed by atoms with Crippen molar-refractivity contribution in [2.45, 2.75) is 51.2 Å². The SMILES string of the molecule is CCCNC1(C(=O)OC)CCC(Oc2cccc(C)c2)C1. The third-order valence-electron chi connectivity index (χ3n) is 4.05. The Kier molecular flexibility index (Phi) is 5.23. The van der Waals surface area contributed by atoms with Gasteiger partial charge in [-0.15, -0.1) is 0 Å². The second-order valence-electron chi connectivity index (χ2n) is 5.80. The highest BCUT2D eigenvalue weighted by Gasteiger charge is 2.46. The number of benzene rings is 1. The van der Waals surface area contributed by atoms with Crippen molar-refractivity contribution >= 4 is 5.97 Å². The minimum atomic E-state index is -0.584. The average Bonchev–Trinajstić information content (AvgIpc) is 2.88. The summed E-state index contributed by atoms with van der Waals surface area (Å²) in [5.41, 5.74) is 0.591. The summed E-state index contributed by atoms with van der Waals surface area (Å²) in [5.74, 6) is 0.697. The van der Waals surface area contributed by atoms with Gasteiger partial charge < -0.3 is 14.8 Å². The molecule has 0 aromatic heterocycles. The van der Waals surface area contributed by atoms with Gasteiger partial charge in [0.2, 0.25) is 0 Å². The number of rotatable bonds is 6. The molecule has 2 atom stereocenters. The Bertz CT molecular complexity index is 489. The summed E-state index contributed by atoms with van der Waals surface area (Å²) in [6, 6.07) is 8.02. The van der Waals surface area contributed by atoms with Gasteiger partial charge >= 0.3 is 5.97 Å². The van der Waals surface area contributed by atoms with Gasteiger partial charge in [0.25, 0.3) is 0 Å². The summed E-state index contributed by atoms with van der Waals surface area (Å²) in [6.45, 7) is 4.95. The van der Waals surface area contributed by atoms with Gasteiger partial charge in [-0.2, -0.15) is 0 Å². The molecule has 116 valence electrons. The number of ether oxygens (including phenoxy) is 2. The number of nitrogens with one attached hydrogen (secondary N) is 1. The molecule has 1 aliphatic rings. The topological polar surface area (TPSA) is 47.6 Å². The lowest BCUT2D eigenvalue weighted by Gasteiger charge is -2.27. The molecular formula is C17H25NO3. The second kappa shape index (κ2) is 6.94. The van der Waals surface area contributed by atoms with E-state index in [4.69, 9.17) is 9.47 Å². The molecule has 0 bridgehead atoms. The van der Waals surface area contributed by atoms with Crippen LogP contribution in [0, 0.1) is 6.92 Å². The van der Waals surface area contributed by atoms with E-state index in [9.17, 15) is 4.79 Å². The standard InChI is InChI=1S/C17H25NO3/c1-4-10-18-17(16(19)20-3)9-8-15(12-17)21-14-7-5-6-13(2)11-14/h5-7,11,15,18H,4,8-10,12H2,1-3H3. The summed E-state index contributed by atoms with van der Waals surface area (Å²) in [5, 5.41) is 3.37. The predicted molar refractivity (Wildman–Crippen MR) is 82.5 cm³/mol. The third-order valence-corrected chi connectivity index (χ3v) is 4.05. The fourth-order valence-electron chi connectivity index (χ4n) is 2.96. The minimum absolute atomic E-state index is 0.0512. The van der Waals surface area contributed by atoms with E-state index in [0.717, 1.165) is 31.6 Å². The van der Waals surface area contributed by atoms with Crippen molar-refractivity contribution in [2.75, 3.05) is 13.7 Å². The van der Waals surface area contributed by atoms with Crippen molar-refractivity contribution in [2.24, 2.45) is 0 Å². The largest absolute Gasteiger partial charge is 0.490 e. The molecule has 0 aliphatic heterocycles. The molecule has 1 aromatic carbocycles. The quantitative estimate of drug-likeness (QED) is 0.819. The first-order valence-corrected chi connectivity index (χ1v) is 7.66. The summed E-state index contributed by atoms with van der Waals surface area (Å²) >= 11 is 0. The van der Waals surface area contributed by atoms with Gasteiger partial charge in [-0.05, 0) is 50.4 Å². The summed E-state index contributed by atoms with van der Waals surface area (Å²) < 4.78 is 11.0. The number of methoxy groups -OCH3 is 1. The summed E-state index contributed by atoms with van der Waals surface area (Å²) in [7, 11) is 1.45. The van der Waals surface area contributed by atoms with E-state index >= 15 is 0 Å². The van der Waals surface area contributed by atoms with Gasteiger partial charge in [-0.3, -0.25) is 4.79 Å². The van der Waals surface area contributed by atoms with Crippen LogP contribution in [0.1, 0.15) is 38.2 Å². The molecule has 4 heteroatoms. The van der Waals surface area contributed by atoms with E-state index in [1.165, 1.54) is 12.7 Å². The lowest BCUT2D eigenvalue weighted by atomic mass is 9.97. The zero-order valence-corrected chi connectivity index (χ0v) is 13.1. The number of hydrogen-bond acceptors (Lipinski definition) is 4. The molecule has 1 aromatic rings. The Morgan fingerprint density at radius 2 is 2.29 bits per heavy atom. The Hall–Kier alpha value is -1.55. The molecule has 2 rings (SSSR count). The van der Waals surface area contributed by atoms with Crippen molar-refractivity contribution in [1.82, 2.24) is 5.32 Å². The summed E-state index contributed by atoms with van der Waals surface area (Å²) in [4.78, 5) is 12.2. The normalized spacial score (nSPS) is 24.8. The maximum atomic E-state index is 12.2. The molecule has 1 N–H and O–H groups in total. The fourth-order valence-corrected chi connectivity index (χ4v) is 2.96. The molecule has 0 radical (unpaired) electrons. The van der Waals surface area contributed by atoms with Crippen molar-refractivity contribution in [1.29, 1.82) is 0 Å². The highest BCUT2D eigenvalue weighted by molar-refractivity contribution is 5.81. The number of esters is 1. The molecular weight excluding hydrogens is 266 g/mol. The van der Waals surface area contributed by atoms with Crippen LogP contribution in [0.15, 0.2) is 24.3 Å². The van der Waals surface area contributed by atoms with Gasteiger partial charge in [0, 0.05) is 6.42 Å². The van der Waals surface area contributed by atoms with Gasteiger partial charge in [-0.25, -0.2) is 0 Å². The predicted octanol–water partition coefficient (Wildman–Crippen LogP) is 2.84. The van der Waals surface area contributed by atoms with E-state index in [-0.39, 0.29) is 12.1 Å². The monoisotopic (exact) mass is 291 g/mol. The number of aryl methyl sites for hydroxylation is 1.